The molecule has 0 saturated heterocycles. The van der Waals surface area contributed by atoms with E-state index in [1.807, 2.05) is 4.57 Å². The molecule has 0 fully saturated rings. The Morgan fingerprint density at radius 3 is 3.19 bits per heavy atom. The van der Waals surface area contributed by atoms with Crippen LogP contribution in [0.5, 0.6) is 0 Å². The molecule has 2 N–H and O–H groups in total. The van der Waals surface area contributed by atoms with Crippen LogP contribution in [-0.2, 0) is 11.3 Å². The molecule has 5 heteroatoms. The van der Waals surface area contributed by atoms with Gasteiger partial charge in [-0.25, -0.2) is 4.98 Å². The van der Waals surface area contributed by atoms with Crippen LogP contribution < -0.4 is 5.73 Å². The van der Waals surface area contributed by atoms with Gasteiger partial charge in [-0.3, -0.25) is 4.79 Å². The lowest BCUT2D eigenvalue weighted by Crippen LogP contribution is -2.10. The summed E-state index contributed by atoms with van der Waals surface area (Å²) >= 11 is 0. The summed E-state index contributed by atoms with van der Waals surface area (Å²) in [4.78, 5) is 16.0. The summed E-state index contributed by atoms with van der Waals surface area (Å²) in [5.74, 6) is -0.0459. The number of carbonyl (C=O) groups is 1. The molecule has 0 radical (unpaired) electrons. The first kappa shape index (κ1) is 10.9. The molecule has 5 nitrogen and oxygen atoms in total. The Morgan fingerprint density at radius 1 is 1.62 bits per heavy atom. The fourth-order valence-corrected chi connectivity index (χ4v) is 1.64. The molecule has 16 heavy (non-hydrogen) atoms. The second-order valence-corrected chi connectivity index (χ2v) is 3.73. The third-order valence-electron chi connectivity index (χ3n) is 2.48. The molecular weight excluding hydrogens is 206 g/mol. The van der Waals surface area contributed by atoms with Gasteiger partial charge in [0.15, 0.2) is 0 Å². The number of hydrogen-bond acceptors (Lipinski definition) is 4. The molecule has 86 valence electrons. The van der Waals surface area contributed by atoms with Crippen molar-refractivity contribution in [1.29, 1.82) is 0 Å². The highest BCUT2D eigenvalue weighted by Crippen LogP contribution is 2.16. The minimum atomic E-state index is -0.0459. The van der Waals surface area contributed by atoms with E-state index in [2.05, 4.69) is 4.98 Å². The van der Waals surface area contributed by atoms with Crippen LogP contribution in [0.3, 0.4) is 0 Å². The fraction of sp³-hybridized carbons (Fsp3) is 0.455. The Morgan fingerprint density at radius 2 is 2.50 bits per heavy atom. The third kappa shape index (κ3) is 2.30. The quantitative estimate of drug-likeness (QED) is 0.760. The van der Waals surface area contributed by atoms with Crippen LogP contribution in [0.2, 0.25) is 0 Å². The number of ketones is 1. The number of ether oxygens (including phenoxy) is 1. The van der Waals surface area contributed by atoms with E-state index in [1.54, 1.807) is 18.8 Å². The van der Waals surface area contributed by atoms with Gasteiger partial charge < -0.3 is 15.0 Å². The van der Waals surface area contributed by atoms with Gasteiger partial charge in [0, 0.05) is 24.9 Å². The second kappa shape index (κ2) is 4.94. The van der Waals surface area contributed by atoms with Gasteiger partial charge >= 0.3 is 0 Å². The van der Waals surface area contributed by atoms with E-state index < -0.39 is 0 Å². The molecule has 0 spiro atoms. The lowest BCUT2D eigenvalue weighted by molar-refractivity contribution is 0.101. The van der Waals surface area contributed by atoms with Crippen molar-refractivity contribution in [3.8, 4) is 0 Å². The van der Waals surface area contributed by atoms with Crippen molar-refractivity contribution in [3.63, 3.8) is 0 Å². The zero-order chi connectivity index (χ0) is 11.4. The van der Waals surface area contributed by atoms with Gasteiger partial charge in [-0.1, -0.05) is 0 Å². The summed E-state index contributed by atoms with van der Waals surface area (Å²) in [6.07, 6.45) is 6.56. The van der Waals surface area contributed by atoms with Crippen molar-refractivity contribution >= 4 is 5.78 Å². The number of imidazole rings is 1. The summed E-state index contributed by atoms with van der Waals surface area (Å²) in [6, 6.07) is 0. The zero-order valence-electron chi connectivity index (χ0n) is 9.06. The van der Waals surface area contributed by atoms with Crippen LogP contribution >= 0.6 is 0 Å². The Labute approximate surface area is 93.9 Å². The van der Waals surface area contributed by atoms with E-state index in [0.29, 0.717) is 31.0 Å². The molecule has 0 saturated carbocycles. The van der Waals surface area contributed by atoms with Crippen molar-refractivity contribution < 1.29 is 9.53 Å². The van der Waals surface area contributed by atoms with Crippen molar-refractivity contribution in [2.45, 2.75) is 19.4 Å². The summed E-state index contributed by atoms with van der Waals surface area (Å²) in [5.41, 5.74) is 6.59. The first-order chi connectivity index (χ1) is 7.81. The van der Waals surface area contributed by atoms with E-state index in [1.165, 1.54) is 0 Å². The number of allylic oxidation sites excluding steroid dienone is 1. The number of hydrogen-bond donors (Lipinski definition) is 1. The Balaban J connectivity index is 2.10. The average Bonchev–Trinajstić information content (AvgIpc) is 2.78. The average molecular weight is 221 g/mol. The molecule has 0 unspecified atom stereocenters. The number of nitrogens with two attached hydrogens (primary N) is 1. The molecule has 0 amide bonds. The lowest BCUT2D eigenvalue weighted by Gasteiger charge is -2.11. The van der Waals surface area contributed by atoms with Gasteiger partial charge in [0.2, 0.25) is 5.78 Å². The standard InChI is InChI=1S/C11H15N3O2/c12-3-4-14-6-10(13-8-14)11(15)9-2-1-5-16-7-9/h6-8H,1-5,12H2. The smallest absolute Gasteiger partial charge is 0.211 e. The third-order valence-corrected chi connectivity index (χ3v) is 2.48. The summed E-state index contributed by atoms with van der Waals surface area (Å²) in [7, 11) is 0. The van der Waals surface area contributed by atoms with Crippen molar-refractivity contribution in [1.82, 2.24) is 9.55 Å². The maximum Gasteiger partial charge on any atom is 0.211 e. The molecule has 1 aliphatic heterocycles. The van der Waals surface area contributed by atoms with Gasteiger partial charge in [-0.15, -0.1) is 0 Å². The first-order valence-corrected chi connectivity index (χ1v) is 5.38. The van der Waals surface area contributed by atoms with Crippen molar-refractivity contribution in [3.05, 3.63) is 30.1 Å². The maximum atomic E-state index is 12.0. The van der Waals surface area contributed by atoms with E-state index >= 15 is 0 Å². The molecule has 1 aromatic rings. The van der Waals surface area contributed by atoms with Crippen molar-refractivity contribution in [2.75, 3.05) is 13.2 Å². The van der Waals surface area contributed by atoms with Gasteiger partial charge in [0.25, 0.3) is 0 Å². The second-order valence-electron chi connectivity index (χ2n) is 3.73. The molecule has 2 rings (SSSR count). The maximum absolute atomic E-state index is 12.0. The molecule has 1 aliphatic rings. The number of rotatable bonds is 4. The van der Waals surface area contributed by atoms with Crippen LogP contribution in [0.15, 0.2) is 24.4 Å². The summed E-state index contributed by atoms with van der Waals surface area (Å²) in [5, 5.41) is 0. The molecule has 2 heterocycles. The predicted octanol–water partition coefficient (Wildman–Crippen LogP) is 0.719. The Bertz CT molecular complexity index is 409. The van der Waals surface area contributed by atoms with Crippen LogP contribution in [0.4, 0.5) is 0 Å². The number of carbonyl (C=O) groups excluding carboxylic acids is 1. The normalized spacial score (nSPS) is 15.4. The summed E-state index contributed by atoms with van der Waals surface area (Å²) in [6.45, 7) is 1.91. The Kier molecular flexibility index (Phi) is 3.36. The highest BCUT2D eigenvalue weighted by atomic mass is 16.5. The lowest BCUT2D eigenvalue weighted by atomic mass is 10.0. The SMILES string of the molecule is NCCn1cnc(C(=O)C2=COCCC2)c1. The van der Waals surface area contributed by atoms with Gasteiger partial charge in [-0.2, -0.15) is 0 Å². The van der Waals surface area contributed by atoms with Crippen LogP contribution in [0.1, 0.15) is 23.3 Å². The fourth-order valence-electron chi connectivity index (χ4n) is 1.64. The largest absolute Gasteiger partial charge is 0.501 e. The number of aromatic nitrogens is 2. The monoisotopic (exact) mass is 221 g/mol. The van der Waals surface area contributed by atoms with E-state index in [0.717, 1.165) is 12.8 Å². The predicted molar refractivity (Wildman–Crippen MR) is 58.9 cm³/mol. The van der Waals surface area contributed by atoms with Gasteiger partial charge in [0.1, 0.15) is 5.69 Å². The number of nitrogens with zero attached hydrogens (tertiary/aromatic N) is 2. The number of Topliss-reactive ketones (excluding diaryl/α,β-unsaturated/α-hetero) is 1. The van der Waals surface area contributed by atoms with Crippen molar-refractivity contribution in [2.24, 2.45) is 5.73 Å². The molecule has 0 bridgehead atoms. The molecule has 0 atom stereocenters. The molecular formula is C11H15N3O2. The first-order valence-electron chi connectivity index (χ1n) is 5.38. The van der Waals surface area contributed by atoms with E-state index in [4.69, 9.17) is 10.5 Å². The van der Waals surface area contributed by atoms with Gasteiger partial charge in [-0.05, 0) is 12.8 Å². The van der Waals surface area contributed by atoms with E-state index in [9.17, 15) is 4.79 Å². The van der Waals surface area contributed by atoms with Crippen LogP contribution in [0.25, 0.3) is 0 Å². The highest BCUT2D eigenvalue weighted by Gasteiger charge is 2.17. The minimum Gasteiger partial charge on any atom is -0.501 e. The molecule has 0 aliphatic carbocycles. The Hall–Kier alpha value is -1.62. The van der Waals surface area contributed by atoms with Crippen LogP contribution in [0, 0.1) is 0 Å². The molecule has 0 aromatic carbocycles. The van der Waals surface area contributed by atoms with E-state index in [-0.39, 0.29) is 5.78 Å². The minimum absolute atomic E-state index is 0.0459. The summed E-state index contributed by atoms with van der Waals surface area (Å²) < 4.78 is 6.96. The zero-order valence-corrected chi connectivity index (χ0v) is 9.06. The highest BCUT2D eigenvalue weighted by molar-refractivity contribution is 6.07. The topological polar surface area (TPSA) is 70.1 Å². The van der Waals surface area contributed by atoms with Crippen LogP contribution in [-0.4, -0.2) is 28.5 Å². The van der Waals surface area contributed by atoms with Gasteiger partial charge in [0.05, 0.1) is 19.2 Å². The molecule has 1 aromatic heterocycles.